The van der Waals surface area contributed by atoms with Crippen molar-refractivity contribution in [3.63, 3.8) is 0 Å². The van der Waals surface area contributed by atoms with Gasteiger partial charge < -0.3 is 9.80 Å². The van der Waals surface area contributed by atoms with Crippen LogP contribution in [0.1, 0.15) is 19.4 Å². The van der Waals surface area contributed by atoms with Gasteiger partial charge in [0, 0.05) is 44.0 Å². The summed E-state index contributed by atoms with van der Waals surface area (Å²) in [4.78, 5) is 22.2. The number of fused-ring (bicyclic) bond motifs is 1. The molecular formula is C19H24N6. The third-order valence-electron chi connectivity index (χ3n) is 4.15. The summed E-state index contributed by atoms with van der Waals surface area (Å²) in [6.45, 7) is 9.58. The fourth-order valence-electron chi connectivity index (χ4n) is 2.91. The van der Waals surface area contributed by atoms with Gasteiger partial charge in [-0.15, -0.1) is 0 Å². The van der Waals surface area contributed by atoms with Gasteiger partial charge in [0.2, 0.25) is 5.95 Å². The minimum atomic E-state index is 0.808. The first-order valence-corrected chi connectivity index (χ1v) is 8.79. The van der Waals surface area contributed by atoms with Crippen molar-refractivity contribution < 1.29 is 0 Å². The number of nitrogens with zero attached hydrogens (tertiary/aromatic N) is 6. The highest BCUT2D eigenvalue weighted by Gasteiger charge is 2.21. The predicted octanol–water partition coefficient (Wildman–Crippen LogP) is 3.08. The molecule has 0 amide bonds. The molecule has 1 aliphatic rings. The summed E-state index contributed by atoms with van der Waals surface area (Å²) in [5.74, 6) is 1.82. The lowest BCUT2D eigenvalue weighted by atomic mass is 10.2. The van der Waals surface area contributed by atoms with Crippen LogP contribution in [0.5, 0.6) is 0 Å². The molecule has 0 N–H and O–H groups in total. The largest absolute Gasteiger partial charge is 0.352 e. The molecule has 0 radical (unpaired) electrons. The number of hydrogen-bond donors (Lipinski definition) is 0. The Morgan fingerprint density at radius 1 is 0.800 bits per heavy atom. The lowest BCUT2D eigenvalue weighted by Crippen LogP contribution is -2.47. The van der Waals surface area contributed by atoms with Crippen LogP contribution in [0.3, 0.4) is 0 Å². The van der Waals surface area contributed by atoms with Gasteiger partial charge in [0.15, 0.2) is 0 Å². The highest BCUT2D eigenvalue weighted by atomic mass is 15.3. The normalized spacial score (nSPS) is 14.2. The average Bonchev–Trinajstić information content (AvgIpc) is 2.70. The Hall–Kier alpha value is -2.76. The van der Waals surface area contributed by atoms with Crippen molar-refractivity contribution in [2.75, 3.05) is 36.0 Å². The number of hydrogen-bond acceptors (Lipinski definition) is 6. The molecule has 6 heteroatoms. The van der Waals surface area contributed by atoms with Crippen molar-refractivity contribution in [1.82, 2.24) is 19.9 Å². The Kier molecular flexibility index (Phi) is 5.38. The van der Waals surface area contributed by atoms with E-state index < -0.39 is 0 Å². The summed E-state index contributed by atoms with van der Waals surface area (Å²) < 4.78 is 0. The number of piperazine rings is 1. The number of aromatic nitrogens is 4. The van der Waals surface area contributed by atoms with Crippen molar-refractivity contribution in [1.29, 1.82) is 0 Å². The van der Waals surface area contributed by atoms with Crippen molar-refractivity contribution in [3.8, 4) is 0 Å². The topological polar surface area (TPSA) is 58.0 Å². The van der Waals surface area contributed by atoms with E-state index in [-0.39, 0.29) is 0 Å². The highest BCUT2D eigenvalue weighted by molar-refractivity contribution is 5.89. The van der Waals surface area contributed by atoms with Crippen LogP contribution >= 0.6 is 0 Å². The number of rotatable bonds is 2. The molecule has 0 bridgehead atoms. The molecule has 1 aliphatic heterocycles. The molecule has 3 aromatic rings. The highest BCUT2D eigenvalue weighted by Crippen LogP contribution is 2.24. The maximum absolute atomic E-state index is 4.50. The van der Waals surface area contributed by atoms with Gasteiger partial charge in [0.1, 0.15) is 12.1 Å². The maximum atomic E-state index is 4.50. The summed E-state index contributed by atoms with van der Waals surface area (Å²) in [6, 6.07) is 8.15. The minimum Gasteiger partial charge on any atom is -0.352 e. The molecule has 0 unspecified atom stereocenters. The van der Waals surface area contributed by atoms with Gasteiger partial charge >= 0.3 is 0 Å². The van der Waals surface area contributed by atoms with Crippen LogP contribution in [0, 0.1) is 6.92 Å². The van der Waals surface area contributed by atoms with Gasteiger partial charge in [0.05, 0.1) is 5.52 Å². The van der Waals surface area contributed by atoms with Gasteiger partial charge in [0.25, 0.3) is 0 Å². The lowest BCUT2D eigenvalue weighted by molar-refractivity contribution is 0.635. The summed E-state index contributed by atoms with van der Waals surface area (Å²) in [5.41, 5.74) is 2.07. The monoisotopic (exact) mass is 336 g/mol. The number of anilines is 2. The fourth-order valence-corrected chi connectivity index (χ4v) is 2.91. The standard InChI is InChI=1S/C17H18N6.C2H6/c1-13-10-18-17(19-11-13)23-8-6-22(7-9-23)16-14-4-2-3-5-15(14)20-12-21-16;1-2/h2-5,10-12H,6-9H2,1H3;1-2H3. The van der Waals surface area contributed by atoms with E-state index in [0.717, 1.165) is 54.4 Å². The summed E-state index contributed by atoms with van der Waals surface area (Å²) in [5, 5.41) is 1.11. The fraction of sp³-hybridized carbons (Fsp3) is 0.368. The van der Waals surface area contributed by atoms with Gasteiger partial charge in [-0.2, -0.15) is 0 Å². The van der Waals surface area contributed by atoms with Crippen LogP contribution in [0.15, 0.2) is 43.0 Å². The van der Waals surface area contributed by atoms with E-state index in [0.29, 0.717) is 0 Å². The van der Waals surface area contributed by atoms with Crippen molar-refractivity contribution in [2.45, 2.75) is 20.8 Å². The third-order valence-corrected chi connectivity index (χ3v) is 4.15. The zero-order valence-corrected chi connectivity index (χ0v) is 15.1. The summed E-state index contributed by atoms with van der Waals surface area (Å²) in [6.07, 6.45) is 5.38. The first kappa shape index (κ1) is 17.1. The Morgan fingerprint density at radius 3 is 2.16 bits per heavy atom. The summed E-state index contributed by atoms with van der Waals surface area (Å²) >= 11 is 0. The van der Waals surface area contributed by atoms with Crippen molar-refractivity contribution >= 4 is 22.7 Å². The average molecular weight is 336 g/mol. The third kappa shape index (κ3) is 3.68. The zero-order chi connectivity index (χ0) is 17.6. The quantitative estimate of drug-likeness (QED) is 0.717. The second-order valence-electron chi connectivity index (χ2n) is 5.75. The first-order valence-electron chi connectivity index (χ1n) is 8.79. The molecule has 2 aromatic heterocycles. The maximum Gasteiger partial charge on any atom is 0.225 e. The number of para-hydroxylation sites is 1. The van der Waals surface area contributed by atoms with E-state index in [2.05, 4.69) is 35.8 Å². The van der Waals surface area contributed by atoms with E-state index in [1.54, 1.807) is 6.33 Å². The van der Waals surface area contributed by atoms with Crippen LogP contribution < -0.4 is 9.80 Å². The molecule has 1 saturated heterocycles. The molecule has 130 valence electrons. The van der Waals surface area contributed by atoms with E-state index in [1.165, 1.54) is 0 Å². The van der Waals surface area contributed by atoms with Gasteiger partial charge in [-0.25, -0.2) is 19.9 Å². The van der Waals surface area contributed by atoms with Crippen LogP contribution in [0.2, 0.25) is 0 Å². The van der Waals surface area contributed by atoms with E-state index in [9.17, 15) is 0 Å². The minimum absolute atomic E-state index is 0.808. The Balaban J connectivity index is 0.000000880. The second kappa shape index (κ2) is 7.88. The van der Waals surface area contributed by atoms with Crippen LogP contribution in [0.4, 0.5) is 11.8 Å². The number of benzene rings is 1. The zero-order valence-electron chi connectivity index (χ0n) is 15.1. The van der Waals surface area contributed by atoms with Gasteiger partial charge in [-0.1, -0.05) is 26.0 Å². The van der Waals surface area contributed by atoms with Gasteiger partial charge in [-0.3, -0.25) is 0 Å². The van der Waals surface area contributed by atoms with Crippen LogP contribution in [-0.2, 0) is 0 Å². The molecular weight excluding hydrogens is 312 g/mol. The van der Waals surface area contributed by atoms with E-state index in [4.69, 9.17) is 0 Å². The molecule has 4 rings (SSSR count). The van der Waals surface area contributed by atoms with Crippen LogP contribution in [0.25, 0.3) is 10.9 Å². The molecule has 3 heterocycles. The Labute approximate surface area is 148 Å². The molecule has 0 atom stereocenters. The second-order valence-corrected chi connectivity index (χ2v) is 5.75. The molecule has 0 aliphatic carbocycles. The van der Waals surface area contributed by atoms with E-state index >= 15 is 0 Å². The molecule has 0 spiro atoms. The molecule has 1 fully saturated rings. The molecule has 1 aromatic carbocycles. The molecule has 25 heavy (non-hydrogen) atoms. The summed E-state index contributed by atoms with van der Waals surface area (Å²) in [7, 11) is 0. The smallest absolute Gasteiger partial charge is 0.225 e. The lowest BCUT2D eigenvalue weighted by Gasteiger charge is -2.35. The number of aryl methyl sites for hydroxylation is 1. The van der Waals surface area contributed by atoms with Gasteiger partial charge in [-0.05, 0) is 24.6 Å². The first-order chi connectivity index (χ1) is 12.3. The SMILES string of the molecule is CC.Cc1cnc(N2CCN(c3ncnc4ccccc34)CC2)nc1. The van der Waals surface area contributed by atoms with Crippen molar-refractivity contribution in [2.24, 2.45) is 0 Å². The van der Waals surface area contributed by atoms with Crippen molar-refractivity contribution in [3.05, 3.63) is 48.5 Å². The van der Waals surface area contributed by atoms with Crippen LogP contribution in [-0.4, -0.2) is 46.1 Å². The molecule has 0 saturated carbocycles. The predicted molar refractivity (Wildman–Crippen MR) is 102 cm³/mol. The Bertz CT molecular complexity index is 804. The Morgan fingerprint density at radius 2 is 1.44 bits per heavy atom. The molecule has 6 nitrogen and oxygen atoms in total. The van der Waals surface area contributed by atoms with E-state index in [1.807, 2.05) is 51.4 Å².